The first-order valence-electron chi connectivity index (χ1n) is 11.2. The number of aromatic nitrogens is 1. The number of benzene rings is 2. The molecule has 2 aromatic carbocycles. The van der Waals surface area contributed by atoms with Gasteiger partial charge in [-0.2, -0.15) is 4.91 Å². The Bertz CT molecular complexity index is 1210. The molecular formula is C26H29N3O3S. The minimum Gasteiger partial charge on any atom is -0.369 e. The molecule has 2 atom stereocenters. The second-order valence-corrected chi connectivity index (χ2v) is 11.0. The van der Waals surface area contributed by atoms with E-state index in [4.69, 9.17) is 0 Å². The Kier molecular flexibility index (Phi) is 6.88. The number of pyridine rings is 1. The third kappa shape index (κ3) is 5.47. The minimum atomic E-state index is -2.92. The van der Waals surface area contributed by atoms with Crippen molar-refractivity contribution in [2.75, 3.05) is 29.5 Å². The molecule has 0 aliphatic carbocycles. The van der Waals surface area contributed by atoms with E-state index < -0.39 is 15.9 Å². The zero-order valence-electron chi connectivity index (χ0n) is 19.0. The van der Waals surface area contributed by atoms with Gasteiger partial charge < -0.3 is 4.90 Å². The first-order valence-corrected chi connectivity index (χ1v) is 13.0. The van der Waals surface area contributed by atoms with E-state index in [0.29, 0.717) is 19.5 Å². The van der Waals surface area contributed by atoms with E-state index in [1.807, 2.05) is 31.2 Å². The van der Waals surface area contributed by atoms with Crippen molar-refractivity contribution in [1.29, 1.82) is 0 Å². The maximum Gasteiger partial charge on any atom is 0.153 e. The predicted molar refractivity (Wildman–Crippen MR) is 132 cm³/mol. The van der Waals surface area contributed by atoms with Crippen LogP contribution in [0.4, 0.5) is 5.69 Å². The molecule has 172 valence electrons. The molecule has 2 heterocycles. The van der Waals surface area contributed by atoms with Crippen LogP contribution in [0.1, 0.15) is 46.3 Å². The number of hydrogen-bond donors (Lipinski definition) is 0. The Hall–Kier alpha value is -3.06. The van der Waals surface area contributed by atoms with Crippen molar-refractivity contribution in [3.63, 3.8) is 0 Å². The molecule has 0 amide bonds. The largest absolute Gasteiger partial charge is 0.369 e. The van der Waals surface area contributed by atoms with Crippen molar-refractivity contribution in [1.82, 2.24) is 4.98 Å². The maximum atomic E-state index is 11.9. The molecule has 1 unspecified atom stereocenters. The fourth-order valence-corrected chi connectivity index (χ4v) is 5.75. The maximum absolute atomic E-state index is 11.9. The number of nitrogens with zero attached hydrogens (tertiary/aromatic N) is 3. The zero-order chi connectivity index (χ0) is 23.4. The summed E-state index contributed by atoms with van der Waals surface area (Å²) < 4.78 is 23.5. The lowest BCUT2D eigenvalue weighted by atomic mass is 9.82. The number of sulfone groups is 1. The van der Waals surface area contributed by atoms with E-state index in [0.717, 1.165) is 22.5 Å². The lowest BCUT2D eigenvalue weighted by Gasteiger charge is -2.29. The molecule has 7 heteroatoms. The average Bonchev–Trinajstić information content (AvgIpc) is 2.81. The van der Waals surface area contributed by atoms with Gasteiger partial charge in [-0.3, -0.25) is 4.98 Å². The van der Waals surface area contributed by atoms with Gasteiger partial charge in [-0.1, -0.05) is 41.6 Å². The van der Waals surface area contributed by atoms with Gasteiger partial charge in [-0.15, -0.1) is 0 Å². The molecule has 1 saturated heterocycles. The Labute approximate surface area is 195 Å². The van der Waals surface area contributed by atoms with Gasteiger partial charge in [0.15, 0.2) is 9.84 Å². The summed E-state index contributed by atoms with van der Waals surface area (Å²) in [4.78, 5) is 18.2. The molecule has 1 aliphatic heterocycles. The van der Waals surface area contributed by atoms with Crippen LogP contribution in [0.3, 0.4) is 0 Å². The van der Waals surface area contributed by atoms with Crippen LogP contribution >= 0.6 is 0 Å². The predicted octanol–water partition coefficient (Wildman–Crippen LogP) is 4.96. The molecule has 0 bridgehead atoms. The molecule has 0 radical (unpaired) electrons. The third-order valence-corrected chi connectivity index (χ3v) is 8.07. The highest BCUT2D eigenvalue weighted by Crippen LogP contribution is 2.37. The summed E-state index contributed by atoms with van der Waals surface area (Å²) in [5.41, 5.74) is 6.21. The summed E-state index contributed by atoms with van der Waals surface area (Å²) in [6.07, 6.45) is 2.28. The zero-order valence-corrected chi connectivity index (χ0v) is 19.8. The Morgan fingerprint density at radius 2 is 1.67 bits per heavy atom. The van der Waals surface area contributed by atoms with Crippen LogP contribution in [-0.2, 0) is 9.84 Å². The Morgan fingerprint density at radius 1 is 0.970 bits per heavy atom. The van der Waals surface area contributed by atoms with E-state index in [2.05, 4.69) is 58.4 Å². The highest BCUT2D eigenvalue weighted by molar-refractivity contribution is 7.91. The molecule has 6 nitrogen and oxygen atoms in total. The number of hydrogen-bond acceptors (Lipinski definition) is 6. The van der Waals surface area contributed by atoms with Crippen LogP contribution in [0, 0.1) is 18.8 Å². The molecule has 0 saturated carbocycles. The van der Waals surface area contributed by atoms with Gasteiger partial charge in [0.2, 0.25) is 0 Å². The van der Waals surface area contributed by atoms with Crippen LogP contribution in [-0.4, -0.2) is 38.0 Å². The van der Waals surface area contributed by atoms with Gasteiger partial charge in [0.1, 0.15) is 6.04 Å². The van der Waals surface area contributed by atoms with Gasteiger partial charge in [0.05, 0.1) is 11.5 Å². The third-order valence-electron chi connectivity index (χ3n) is 6.46. The molecule has 33 heavy (non-hydrogen) atoms. The first kappa shape index (κ1) is 23.1. The van der Waals surface area contributed by atoms with Gasteiger partial charge in [-0.05, 0) is 66.8 Å². The molecule has 1 aromatic heterocycles. The topological polar surface area (TPSA) is 79.7 Å². The summed E-state index contributed by atoms with van der Waals surface area (Å²) in [5, 5.41) is 3.48. The highest BCUT2D eigenvalue weighted by atomic mass is 32.2. The van der Waals surface area contributed by atoms with Crippen molar-refractivity contribution in [3.8, 4) is 0 Å². The summed E-state index contributed by atoms with van der Waals surface area (Å²) in [6, 6.07) is 19.8. The smallest absolute Gasteiger partial charge is 0.153 e. The van der Waals surface area contributed by atoms with Gasteiger partial charge in [0, 0.05) is 36.6 Å². The Balaban J connectivity index is 1.64. The molecule has 0 spiro atoms. The van der Waals surface area contributed by atoms with Crippen molar-refractivity contribution in [3.05, 3.63) is 99.7 Å². The summed E-state index contributed by atoms with van der Waals surface area (Å²) in [7, 11) is -2.92. The normalized spacial score (nSPS) is 17.3. The molecule has 4 rings (SSSR count). The second kappa shape index (κ2) is 9.83. The van der Waals surface area contributed by atoms with E-state index >= 15 is 0 Å². The minimum absolute atomic E-state index is 0.00171. The number of nitroso groups, excluding NO2 is 1. The monoisotopic (exact) mass is 463 g/mol. The molecule has 0 N–H and O–H groups in total. The summed E-state index contributed by atoms with van der Waals surface area (Å²) >= 11 is 0. The van der Waals surface area contributed by atoms with Crippen LogP contribution in [0.15, 0.2) is 72.0 Å². The average molecular weight is 464 g/mol. The number of rotatable bonds is 7. The quantitative estimate of drug-likeness (QED) is 0.463. The summed E-state index contributed by atoms with van der Waals surface area (Å²) in [5.74, 6) is 0.384. The fraction of sp³-hybridized carbons (Fsp3) is 0.346. The first-order chi connectivity index (χ1) is 15.9. The van der Waals surface area contributed by atoms with E-state index in [-0.39, 0.29) is 17.4 Å². The standard InChI is InChI=1S/C26H29N3O3S/c1-19-5-3-4-6-24(19)25(18-26(28-30)22-11-12-27-20(2)17-22)21-7-9-23(10-8-21)29-13-15-33(31,32)16-14-29/h3-12,17,25-26H,13-16,18H2,1-2H3/t25-,26?/m1/s1. The van der Waals surface area contributed by atoms with Gasteiger partial charge >= 0.3 is 0 Å². The molecule has 1 fully saturated rings. The van der Waals surface area contributed by atoms with E-state index in [1.54, 1.807) is 6.20 Å². The number of aryl methyl sites for hydroxylation is 2. The van der Waals surface area contributed by atoms with Crippen molar-refractivity contribution in [2.24, 2.45) is 5.18 Å². The SMILES string of the molecule is Cc1cc(C(C[C@H](c2ccc(N3CCS(=O)(=O)CC3)cc2)c2ccccc2C)N=O)ccn1. The molecule has 1 aliphatic rings. The lowest BCUT2D eigenvalue weighted by Crippen LogP contribution is -2.40. The van der Waals surface area contributed by atoms with Crippen molar-refractivity contribution < 1.29 is 8.42 Å². The van der Waals surface area contributed by atoms with Crippen LogP contribution in [0.2, 0.25) is 0 Å². The van der Waals surface area contributed by atoms with E-state index in [9.17, 15) is 13.3 Å². The fourth-order valence-electron chi connectivity index (χ4n) is 4.55. The molecule has 3 aromatic rings. The van der Waals surface area contributed by atoms with Crippen molar-refractivity contribution in [2.45, 2.75) is 32.2 Å². The van der Waals surface area contributed by atoms with Gasteiger partial charge in [0.25, 0.3) is 0 Å². The summed E-state index contributed by atoms with van der Waals surface area (Å²) in [6.45, 7) is 5.03. The molecular weight excluding hydrogens is 434 g/mol. The Morgan fingerprint density at radius 3 is 2.30 bits per heavy atom. The van der Waals surface area contributed by atoms with Crippen LogP contribution < -0.4 is 4.90 Å². The highest BCUT2D eigenvalue weighted by Gasteiger charge is 2.25. The van der Waals surface area contributed by atoms with Crippen molar-refractivity contribution >= 4 is 15.5 Å². The van der Waals surface area contributed by atoms with E-state index in [1.165, 1.54) is 11.1 Å². The number of anilines is 1. The van der Waals surface area contributed by atoms with Crippen LogP contribution in [0.5, 0.6) is 0 Å². The lowest BCUT2D eigenvalue weighted by molar-refractivity contribution is 0.586. The van der Waals surface area contributed by atoms with Gasteiger partial charge in [-0.25, -0.2) is 8.42 Å². The van der Waals surface area contributed by atoms with Crippen LogP contribution in [0.25, 0.3) is 0 Å². The second-order valence-electron chi connectivity index (χ2n) is 8.73.